The highest BCUT2D eigenvalue weighted by Gasteiger charge is 2.23. The van der Waals surface area contributed by atoms with Gasteiger partial charge in [0.25, 0.3) is 0 Å². The fourth-order valence-corrected chi connectivity index (χ4v) is 2.55. The van der Waals surface area contributed by atoms with E-state index in [4.69, 9.17) is 4.74 Å². The van der Waals surface area contributed by atoms with Crippen molar-refractivity contribution in [1.29, 1.82) is 0 Å². The van der Waals surface area contributed by atoms with Crippen molar-refractivity contribution in [2.24, 2.45) is 0 Å². The van der Waals surface area contributed by atoms with Gasteiger partial charge < -0.3 is 4.74 Å². The molecule has 0 saturated heterocycles. The number of nitrogens with zero attached hydrogens (tertiary/aromatic N) is 1. The molecule has 118 valence electrons. The highest BCUT2D eigenvalue weighted by Crippen LogP contribution is 2.31. The van der Waals surface area contributed by atoms with E-state index in [9.17, 15) is 13.6 Å². The minimum atomic E-state index is -1.04. The first-order chi connectivity index (χ1) is 10.1. The van der Waals surface area contributed by atoms with Crippen molar-refractivity contribution in [3.8, 4) is 11.3 Å². The topological polar surface area (TPSA) is 31.2 Å². The summed E-state index contributed by atoms with van der Waals surface area (Å²) < 4.78 is 34.9. The maximum atomic E-state index is 14.2. The summed E-state index contributed by atoms with van der Waals surface area (Å²) in [5, 5.41) is 0. The number of carbonyl (C=O) groups is 1. The summed E-state index contributed by atoms with van der Waals surface area (Å²) in [5.41, 5.74) is -0.531. The van der Waals surface area contributed by atoms with Gasteiger partial charge in [-0.2, -0.15) is 0 Å². The zero-order valence-electron chi connectivity index (χ0n) is 12.1. The fourth-order valence-electron chi connectivity index (χ4n) is 1.82. The van der Waals surface area contributed by atoms with E-state index in [0.29, 0.717) is 4.47 Å². The number of hydrogen-bond acceptors (Lipinski definition) is 2. The molecule has 0 aliphatic carbocycles. The van der Waals surface area contributed by atoms with E-state index in [-0.39, 0.29) is 15.7 Å². The summed E-state index contributed by atoms with van der Waals surface area (Å²) in [6, 6.07) is 4.30. The molecule has 1 aromatic heterocycles. The summed E-state index contributed by atoms with van der Waals surface area (Å²) in [5.74, 6) is -2.05. The molecule has 1 aromatic carbocycles. The number of benzene rings is 1. The van der Waals surface area contributed by atoms with Crippen LogP contribution in [0, 0.1) is 11.6 Å². The second-order valence-electron chi connectivity index (χ2n) is 5.62. The Morgan fingerprint density at radius 2 is 1.82 bits per heavy atom. The van der Waals surface area contributed by atoms with Gasteiger partial charge in [-0.05, 0) is 70.8 Å². The predicted molar refractivity (Wildman–Crippen MR) is 86.8 cm³/mol. The molecule has 2 aromatic rings. The molecule has 0 spiro atoms. The van der Waals surface area contributed by atoms with Crippen molar-refractivity contribution >= 4 is 38.0 Å². The van der Waals surface area contributed by atoms with E-state index < -0.39 is 23.3 Å². The van der Waals surface area contributed by atoms with Crippen molar-refractivity contribution < 1.29 is 18.3 Å². The molecule has 1 heterocycles. The Morgan fingerprint density at radius 1 is 1.18 bits per heavy atom. The molecule has 0 amide bonds. The molecule has 0 unspecified atom stereocenters. The van der Waals surface area contributed by atoms with E-state index >= 15 is 0 Å². The Labute approximate surface area is 143 Å². The number of carbonyl (C=O) groups excluding carboxylic acids is 1. The number of halogens is 4. The quantitative estimate of drug-likeness (QED) is 0.533. The third-order valence-electron chi connectivity index (χ3n) is 2.69. The molecule has 0 fully saturated rings. The monoisotopic (exact) mass is 435 g/mol. The van der Waals surface area contributed by atoms with Gasteiger partial charge in [-0.25, -0.2) is 13.6 Å². The van der Waals surface area contributed by atoms with Crippen molar-refractivity contribution in [3.05, 3.63) is 45.0 Å². The summed E-state index contributed by atoms with van der Waals surface area (Å²) in [4.78, 5) is 12.2. The Hall–Kier alpha value is -1.21. The van der Waals surface area contributed by atoms with Crippen LogP contribution >= 0.6 is 31.9 Å². The molecular formula is C15H13Br2F2NO2. The Balaban J connectivity index is 2.54. The van der Waals surface area contributed by atoms with Crippen LogP contribution in [0.25, 0.3) is 11.3 Å². The average Bonchev–Trinajstić information content (AvgIpc) is 2.76. The lowest BCUT2D eigenvalue weighted by Gasteiger charge is -2.20. The van der Waals surface area contributed by atoms with Gasteiger partial charge in [-0.15, -0.1) is 0 Å². The third-order valence-corrected chi connectivity index (χ3v) is 3.73. The predicted octanol–water partition coefficient (Wildman–Crippen LogP) is 5.74. The zero-order valence-corrected chi connectivity index (χ0v) is 15.3. The van der Waals surface area contributed by atoms with E-state index in [0.717, 1.165) is 4.57 Å². The smallest absolute Gasteiger partial charge is 0.419 e. The molecule has 22 heavy (non-hydrogen) atoms. The summed E-state index contributed by atoms with van der Waals surface area (Å²) in [7, 11) is 0. The van der Waals surface area contributed by atoms with E-state index in [1.165, 1.54) is 24.4 Å². The van der Waals surface area contributed by atoms with Crippen molar-refractivity contribution in [2.75, 3.05) is 0 Å². The summed E-state index contributed by atoms with van der Waals surface area (Å²) in [6.45, 7) is 5.18. The third kappa shape index (κ3) is 3.57. The number of aromatic nitrogens is 1. The van der Waals surface area contributed by atoms with Crippen LogP contribution in [0.4, 0.5) is 13.6 Å². The molecule has 0 aliphatic heterocycles. The van der Waals surface area contributed by atoms with Crippen LogP contribution in [0.5, 0.6) is 0 Å². The molecule has 7 heteroatoms. The van der Waals surface area contributed by atoms with Gasteiger partial charge in [0.05, 0.1) is 10.2 Å². The molecule has 3 nitrogen and oxygen atoms in total. The normalized spacial score (nSPS) is 11.6. The summed E-state index contributed by atoms with van der Waals surface area (Å²) in [6.07, 6.45) is 0.777. The highest BCUT2D eigenvalue weighted by atomic mass is 79.9. The lowest BCUT2D eigenvalue weighted by Crippen LogP contribution is -2.27. The van der Waals surface area contributed by atoms with Gasteiger partial charge in [0, 0.05) is 16.2 Å². The first-order valence-electron chi connectivity index (χ1n) is 6.35. The van der Waals surface area contributed by atoms with Gasteiger partial charge >= 0.3 is 6.09 Å². The van der Waals surface area contributed by atoms with Crippen LogP contribution in [0.2, 0.25) is 0 Å². The van der Waals surface area contributed by atoms with Crippen LogP contribution in [-0.2, 0) is 4.74 Å². The van der Waals surface area contributed by atoms with E-state index in [1.807, 2.05) is 0 Å². The first-order valence-corrected chi connectivity index (χ1v) is 7.94. The van der Waals surface area contributed by atoms with Crippen LogP contribution in [0.1, 0.15) is 20.8 Å². The van der Waals surface area contributed by atoms with Gasteiger partial charge in [0.2, 0.25) is 0 Å². The standard InChI is InChI=1S/C15H13Br2F2NO2/c1-15(2,3)22-14(21)20-7-8(16)6-11(20)9-4-5-10(17)13(19)12(9)18/h4-7H,1-3H3. The van der Waals surface area contributed by atoms with Gasteiger partial charge in [0.1, 0.15) is 5.60 Å². The minimum Gasteiger partial charge on any atom is -0.443 e. The zero-order chi connectivity index (χ0) is 16.7. The maximum Gasteiger partial charge on any atom is 0.419 e. The van der Waals surface area contributed by atoms with Crippen molar-refractivity contribution in [1.82, 2.24) is 4.57 Å². The van der Waals surface area contributed by atoms with Crippen LogP contribution in [-0.4, -0.2) is 16.3 Å². The van der Waals surface area contributed by atoms with Gasteiger partial charge in [-0.3, -0.25) is 4.57 Å². The SMILES string of the molecule is CC(C)(C)OC(=O)n1cc(Br)cc1-c1ccc(Br)c(F)c1F. The second kappa shape index (κ2) is 6.12. The second-order valence-corrected chi connectivity index (χ2v) is 7.39. The fraction of sp³-hybridized carbons (Fsp3) is 0.267. The first kappa shape index (κ1) is 17.1. The van der Waals surface area contributed by atoms with Crippen molar-refractivity contribution in [3.63, 3.8) is 0 Å². The molecule has 0 N–H and O–H groups in total. The number of hydrogen-bond donors (Lipinski definition) is 0. The van der Waals surface area contributed by atoms with Crippen LogP contribution < -0.4 is 0 Å². The van der Waals surface area contributed by atoms with Crippen molar-refractivity contribution in [2.45, 2.75) is 26.4 Å². The molecule has 0 bridgehead atoms. The van der Waals surface area contributed by atoms with E-state index in [2.05, 4.69) is 31.9 Å². The van der Waals surface area contributed by atoms with Crippen LogP contribution in [0.15, 0.2) is 33.3 Å². The maximum absolute atomic E-state index is 14.2. The average molecular weight is 437 g/mol. The van der Waals surface area contributed by atoms with Gasteiger partial charge in [0.15, 0.2) is 11.6 Å². The molecule has 2 rings (SSSR count). The lowest BCUT2D eigenvalue weighted by molar-refractivity contribution is 0.0540. The lowest BCUT2D eigenvalue weighted by atomic mass is 10.1. The Kier molecular flexibility index (Phi) is 4.77. The molecule has 0 atom stereocenters. The van der Waals surface area contributed by atoms with E-state index in [1.54, 1.807) is 20.8 Å². The molecule has 0 saturated carbocycles. The number of ether oxygens (including phenoxy) is 1. The summed E-state index contributed by atoms with van der Waals surface area (Å²) >= 11 is 6.15. The highest BCUT2D eigenvalue weighted by molar-refractivity contribution is 9.10. The minimum absolute atomic E-state index is 0.0168. The number of rotatable bonds is 1. The molecule has 0 aliphatic rings. The molecular weight excluding hydrogens is 424 g/mol. The Bertz CT molecular complexity index is 736. The van der Waals surface area contributed by atoms with Crippen LogP contribution in [0.3, 0.4) is 0 Å². The van der Waals surface area contributed by atoms with Gasteiger partial charge in [-0.1, -0.05) is 0 Å². The molecule has 0 radical (unpaired) electrons. The Morgan fingerprint density at radius 3 is 2.41 bits per heavy atom. The largest absolute Gasteiger partial charge is 0.443 e.